The first-order valence-electron chi connectivity index (χ1n) is 6.26. The lowest BCUT2D eigenvalue weighted by Crippen LogP contribution is -2.19. The van der Waals surface area contributed by atoms with Crippen LogP contribution in [0.25, 0.3) is 0 Å². The van der Waals surface area contributed by atoms with Crippen LogP contribution in [0, 0.1) is 0 Å². The van der Waals surface area contributed by atoms with E-state index in [1.807, 2.05) is 0 Å². The number of phenols is 1. The topological polar surface area (TPSA) is 99.1 Å². The van der Waals surface area contributed by atoms with Gasteiger partial charge in [0.2, 0.25) is 0 Å². The zero-order valence-corrected chi connectivity index (χ0v) is 12.0. The van der Waals surface area contributed by atoms with E-state index < -0.39 is 29.2 Å². The highest BCUT2D eigenvalue weighted by atomic mass is 16.5. The van der Waals surface area contributed by atoms with Crippen LogP contribution in [0.3, 0.4) is 0 Å². The van der Waals surface area contributed by atoms with Gasteiger partial charge in [-0.15, -0.1) is 0 Å². The summed E-state index contributed by atoms with van der Waals surface area (Å²) in [6, 6.07) is 2.30. The van der Waals surface area contributed by atoms with Crippen molar-refractivity contribution in [3.8, 4) is 5.75 Å². The van der Waals surface area contributed by atoms with Crippen LogP contribution in [0.15, 0.2) is 12.1 Å². The summed E-state index contributed by atoms with van der Waals surface area (Å²) < 4.78 is 14.2. The predicted molar refractivity (Wildman–Crippen MR) is 71.4 cm³/mol. The van der Waals surface area contributed by atoms with Crippen LogP contribution in [0.4, 0.5) is 0 Å². The summed E-state index contributed by atoms with van der Waals surface area (Å²) in [4.78, 5) is 35.7. The van der Waals surface area contributed by atoms with E-state index >= 15 is 0 Å². The Morgan fingerprint density at radius 1 is 0.952 bits per heavy atom. The Morgan fingerprint density at radius 3 is 2.05 bits per heavy atom. The minimum Gasteiger partial charge on any atom is -0.507 e. The summed E-state index contributed by atoms with van der Waals surface area (Å²) in [6.07, 6.45) is 0. The smallest absolute Gasteiger partial charge is 0.342 e. The Morgan fingerprint density at radius 2 is 1.52 bits per heavy atom. The Balaban J connectivity index is 3.54. The number of hydrogen-bond donors (Lipinski definition) is 1. The van der Waals surface area contributed by atoms with Gasteiger partial charge in [0.1, 0.15) is 11.3 Å². The molecule has 1 aromatic rings. The molecule has 1 rings (SSSR count). The van der Waals surface area contributed by atoms with Crippen molar-refractivity contribution in [2.75, 3.05) is 20.3 Å². The third-order valence-electron chi connectivity index (χ3n) is 2.55. The largest absolute Gasteiger partial charge is 0.507 e. The Bertz CT molecular complexity index is 563. The van der Waals surface area contributed by atoms with Gasteiger partial charge in [-0.2, -0.15) is 0 Å². The summed E-state index contributed by atoms with van der Waals surface area (Å²) in [7, 11) is 1.09. The molecule has 7 nitrogen and oxygen atoms in total. The Labute approximate surface area is 121 Å². The van der Waals surface area contributed by atoms with Gasteiger partial charge in [-0.05, 0) is 26.0 Å². The molecule has 0 unspecified atom stereocenters. The monoisotopic (exact) mass is 296 g/mol. The van der Waals surface area contributed by atoms with Crippen molar-refractivity contribution in [2.24, 2.45) is 0 Å². The van der Waals surface area contributed by atoms with E-state index in [-0.39, 0.29) is 24.3 Å². The molecule has 0 saturated heterocycles. The van der Waals surface area contributed by atoms with Gasteiger partial charge in [-0.3, -0.25) is 0 Å². The van der Waals surface area contributed by atoms with Gasteiger partial charge < -0.3 is 19.3 Å². The normalized spacial score (nSPS) is 9.86. The molecule has 1 aromatic carbocycles. The lowest BCUT2D eigenvalue weighted by molar-refractivity contribution is 0.0468. The van der Waals surface area contributed by atoms with E-state index in [9.17, 15) is 19.5 Å². The fourth-order valence-corrected chi connectivity index (χ4v) is 1.69. The minimum atomic E-state index is -0.957. The quantitative estimate of drug-likeness (QED) is 0.649. The highest BCUT2D eigenvalue weighted by Gasteiger charge is 2.29. The molecule has 0 radical (unpaired) electrons. The van der Waals surface area contributed by atoms with Crippen molar-refractivity contribution in [2.45, 2.75) is 13.8 Å². The van der Waals surface area contributed by atoms with Gasteiger partial charge in [-0.25, -0.2) is 14.4 Å². The molecule has 0 bridgehead atoms. The van der Waals surface area contributed by atoms with Gasteiger partial charge in [0.15, 0.2) is 0 Å². The van der Waals surface area contributed by atoms with Crippen LogP contribution >= 0.6 is 0 Å². The number of methoxy groups -OCH3 is 1. The number of phenolic OH excluding ortho intramolecular Hbond substituents is 1. The molecular weight excluding hydrogens is 280 g/mol. The SMILES string of the molecule is CCOC(=O)c1ccc(O)c(C(=O)OC)c1C(=O)OCC. The Hall–Kier alpha value is -2.57. The van der Waals surface area contributed by atoms with Crippen LogP contribution in [0.1, 0.15) is 44.9 Å². The zero-order valence-electron chi connectivity index (χ0n) is 12.0. The minimum absolute atomic E-state index is 0.0391. The van der Waals surface area contributed by atoms with Crippen LogP contribution < -0.4 is 0 Å². The van der Waals surface area contributed by atoms with Crippen molar-refractivity contribution < 1.29 is 33.7 Å². The number of rotatable bonds is 5. The van der Waals surface area contributed by atoms with E-state index in [2.05, 4.69) is 4.74 Å². The first-order chi connectivity index (χ1) is 9.97. The average Bonchev–Trinajstić information content (AvgIpc) is 2.46. The van der Waals surface area contributed by atoms with E-state index in [1.54, 1.807) is 13.8 Å². The molecule has 0 atom stereocenters. The summed E-state index contributed by atoms with van der Waals surface area (Å²) >= 11 is 0. The molecule has 0 heterocycles. The highest BCUT2D eigenvalue weighted by Crippen LogP contribution is 2.27. The van der Waals surface area contributed by atoms with E-state index in [1.165, 1.54) is 6.07 Å². The van der Waals surface area contributed by atoms with Gasteiger partial charge in [-0.1, -0.05) is 0 Å². The number of ether oxygens (including phenoxy) is 3. The average molecular weight is 296 g/mol. The molecular formula is C14H16O7. The summed E-state index contributed by atoms with van der Waals surface area (Å²) in [5.74, 6) is -3.16. The molecule has 0 amide bonds. The molecule has 0 aliphatic rings. The molecule has 0 aromatic heterocycles. The first kappa shape index (κ1) is 16.5. The number of hydrogen-bond acceptors (Lipinski definition) is 7. The third-order valence-corrected chi connectivity index (χ3v) is 2.55. The molecule has 0 saturated carbocycles. The second-order valence-corrected chi connectivity index (χ2v) is 3.81. The third kappa shape index (κ3) is 3.50. The number of benzene rings is 1. The Kier molecular flexibility index (Phi) is 5.71. The standard InChI is InChI=1S/C14H16O7/c1-4-20-12(16)8-6-7-9(15)11(13(17)19-3)10(8)14(18)21-5-2/h6-7,15H,4-5H2,1-3H3. The molecule has 114 valence electrons. The summed E-state index contributed by atoms with van der Waals surface area (Å²) in [5.41, 5.74) is -0.975. The number of carbonyl (C=O) groups is 3. The maximum absolute atomic E-state index is 12.0. The van der Waals surface area contributed by atoms with Gasteiger partial charge in [0.05, 0.1) is 31.5 Å². The van der Waals surface area contributed by atoms with E-state index in [4.69, 9.17) is 9.47 Å². The van der Waals surface area contributed by atoms with Gasteiger partial charge in [0.25, 0.3) is 0 Å². The lowest BCUT2D eigenvalue weighted by Gasteiger charge is -2.13. The molecule has 1 N–H and O–H groups in total. The molecule has 0 fully saturated rings. The second-order valence-electron chi connectivity index (χ2n) is 3.81. The number of carbonyl (C=O) groups excluding carboxylic acids is 3. The van der Waals surface area contributed by atoms with Crippen LogP contribution in [0.2, 0.25) is 0 Å². The summed E-state index contributed by atoms with van der Waals surface area (Å²) in [5, 5.41) is 9.79. The fraction of sp³-hybridized carbons (Fsp3) is 0.357. The first-order valence-corrected chi connectivity index (χ1v) is 6.26. The molecule has 7 heteroatoms. The maximum Gasteiger partial charge on any atom is 0.342 e. The number of esters is 3. The zero-order chi connectivity index (χ0) is 16.0. The predicted octanol–water partition coefficient (Wildman–Crippen LogP) is 1.53. The molecule has 0 aliphatic heterocycles. The fourth-order valence-electron chi connectivity index (χ4n) is 1.69. The maximum atomic E-state index is 12.0. The summed E-state index contributed by atoms with van der Waals surface area (Å²) in [6.45, 7) is 3.30. The van der Waals surface area contributed by atoms with Crippen LogP contribution in [0.5, 0.6) is 5.75 Å². The van der Waals surface area contributed by atoms with Crippen molar-refractivity contribution in [1.29, 1.82) is 0 Å². The van der Waals surface area contributed by atoms with E-state index in [0.717, 1.165) is 13.2 Å². The highest BCUT2D eigenvalue weighted by molar-refractivity contribution is 6.11. The van der Waals surface area contributed by atoms with E-state index in [0.29, 0.717) is 0 Å². The van der Waals surface area contributed by atoms with Crippen LogP contribution in [-0.4, -0.2) is 43.3 Å². The molecule has 0 spiro atoms. The van der Waals surface area contributed by atoms with Crippen molar-refractivity contribution in [3.05, 3.63) is 28.8 Å². The van der Waals surface area contributed by atoms with Crippen molar-refractivity contribution in [1.82, 2.24) is 0 Å². The van der Waals surface area contributed by atoms with Crippen molar-refractivity contribution in [3.63, 3.8) is 0 Å². The second kappa shape index (κ2) is 7.28. The van der Waals surface area contributed by atoms with Crippen LogP contribution in [-0.2, 0) is 14.2 Å². The van der Waals surface area contributed by atoms with Crippen molar-refractivity contribution >= 4 is 17.9 Å². The molecule has 0 aliphatic carbocycles. The van der Waals surface area contributed by atoms with Gasteiger partial charge in [0, 0.05) is 0 Å². The number of aromatic hydroxyl groups is 1. The molecule has 21 heavy (non-hydrogen) atoms. The lowest BCUT2D eigenvalue weighted by atomic mass is 9.99. The van der Waals surface area contributed by atoms with Gasteiger partial charge >= 0.3 is 17.9 Å².